The molecule has 1 saturated heterocycles. The van der Waals surface area contributed by atoms with Crippen molar-refractivity contribution < 1.29 is 24.1 Å². The maximum atomic E-state index is 13.6. The lowest BCUT2D eigenvalue weighted by Crippen LogP contribution is -2.39. The molecule has 6 nitrogen and oxygen atoms in total. The van der Waals surface area contributed by atoms with Gasteiger partial charge in [-0.2, -0.15) is 0 Å². The summed E-state index contributed by atoms with van der Waals surface area (Å²) in [5.74, 6) is 0.656. The first-order valence-electron chi connectivity index (χ1n) is 14.7. The van der Waals surface area contributed by atoms with E-state index in [0.717, 1.165) is 61.7 Å². The fraction of sp³-hybridized carbons (Fsp3) is 0.400. The van der Waals surface area contributed by atoms with Gasteiger partial charge in [-0.05, 0) is 41.5 Å². The number of carbonyl (C=O) groups excluding carboxylic acids is 1. The van der Waals surface area contributed by atoms with E-state index in [1.807, 2.05) is 66.7 Å². The minimum Gasteiger partial charge on any atom is -0.512 e. The average Bonchev–Trinajstić information content (AvgIpc) is 2.99. The summed E-state index contributed by atoms with van der Waals surface area (Å²) in [5.41, 5.74) is 3.50. The zero-order valence-corrected chi connectivity index (χ0v) is 24.2. The van der Waals surface area contributed by atoms with Crippen LogP contribution in [0.2, 0.25) is 0 Å². The maximum absolute atomic E-state index is 13.6. The van der Waals surface area contributed by atoms with Gasteiger partial charge in [0.15, 0.2) is 0 Å². The standard InChI is InChI=1S/C35H41NO5/c1-26(2)33-28(12-9-15-32(33)40-23-20-36-18-21-39-22-19-36)24-30-31(37)25-35(41-34(30)38,29-13-7-4-8-14-29)17-16-27-10-5-3-6-11-27/h3-15,26,37H,16-25H2,1-2H3. The first kappa shape index (κ1) is 28.9. The highest BCUT2D eigenvalue weighted by atomic mass is 16.6. The zero-order valence-electron chi connectivity index (χ0n) is 24.2. The molecule has 0 aliphatic carbocycles. The Bertz CT molecular complexity index is 1330. The number of hydrogen-bond donors (Lipinski definition) is 1. The van der Waals surface area contributed by atoms with Gasteiger partial charge in [-0.15, -0.1) is 0 Å². The topological polar surface area (TPSA) is 68.2 Å². The molecule has 0 saturated carbocycles. The van der Waals surface area contributed by atoms with Crippen molar-refractivity contribution in [3.8, 4) is 5.75 Å². The van der Waals surface area contributed by atoms with Gasteiger partial charge in [0.1, 0.15) is 23.7 Å². The van der Waals surface area contributed by atoms with Gasteiger partial charge in [0.05, 0.1) is 18.8 Å². The zero-order chi connectivity index (χ0) is 28.7. The Hall–Kier alpha value is -3.61. The molecule has 3 aromatic rings. The fourth-order valence-electron chi connectivity index (χ4n) is 5.95. The third-order valence-electron chi connectivity index (χ3n) is 8.17. The molecule has 5 rings (SSSR count). The summed E-state index contributed by atoms with van der Waals surface area (Å²) in [5, 5.41) is 11.4. The highest BCUT2D eigenvalue weighted by Gasteiger charge is 2.43. The molecule has 216 valence electrons. The summed E-state index contributed by atoms with van der Waals surface area (Å²) in [6, 6.07) is 26.0. The van der Waals surface area contributed by atoms with Gasteiger partial charge in [-0.25, -0.2) is 4.79 Å². The van der Waals surface area contributed by atoms with E-state index in [0.29, 0.717) is 25.0 Å². The second-order valence-electron chi connectivity index (χ2n) is 11.3. The third-order valence-corrected chi connectivity index (χ3v) is 8.17. The van der Waals surface area contributed by atoms with Crippen LogP contribution in [0.1, 0.15) is 54.9 Å². The van der Waals surface area contributed by atoms with Crippen molar-refractivity contribution in [1.82, 2.24) is 4.90 Å². The van der Waals surface area contributed by atoms with Crippen LogP contribution in [0.3, 0.4) is 0 Å². The molecule has 1 fully saturated rings. The van der Waals surface area contributed by atoms with E-state index >= 15 is 0 Å². The van der Waals surface area contributed by atoms with E-state index in [2.05, 4.69) is 30.9 Å². The molecular formula is C35H41NO5. The van der Waals surface area contributed by atoms with Crippen molar-refractivity contribution in [2.24, 2.45) is 0 Å². The van der Waals surface area contributed by atoms with Crippen LogP contribution in [0.25, 0.3) is 0 Å². The SMILES string of the molecule is CC(C)c1c(CC2=C(O)CC(CCc3ccccc3)(c3ccccc3)OC2=O)cccc1OCCN1CCOCC1. The van der Waals surface area contributed by atoms with Crippen LogP contribution in [0.5, 0.6) is 5.75 Å². The number of nitrogens with zero attached hydrogens (tertiary/aromatic N) is 1. The van der Waals surface area contributed by atoms with Crippen molar-refractivity contribution in [2.75, 3.05) is 39.5 Å². The molecule has 0 aromatic heterocycles. The normalized spacial score (nSPS) is 19.8. The van der Waals surface area contributed by atoms with E-state index in [1.165, 1.54) is 5.56 Å². The van der Waals surface area contributed by atoms with Crippen LogP contribution in [0.4, 0.5) is 0 Å². The van der Waals surface area contributed by atoms with Gasteiger partial charge < -0.3 is 19.3 Å². The van der Waals surface area contributed by atoms with E-state index in [9.17, 15) is 9.90 Å². The smallest absolute Gasteiger partial charge is 0.338 e. The van der Waals surface area contributed by atoms with Crippen LogP contribution in [-0.4, -0.2) is 55.4 Å². The molecular weight excluding hydrogens is 514 g/mol. The number of aliphatic hydroxyl groups excluding tert-OH is 1. The molecule has 2 aliphatic rings. The second-order valence-corrected chi connectivity index (χ2v) is 11.3. The molecule has 1 atom stereocenters. The number of benzene rings is 3. The van der Waals surface area contributed by atoms with Gasteiger partial charge in [0.25, 0.3) is 0 Å². The number of aliphatic hydroxyl groups is 1. The van der Waals surface area contributed by atoms with Gasteiger partial charge in [0.2, 0.25) is 0 Å². The molecule has 6 heteroatoms. The summed E-state index contributed by atoms with van der Waals surface area (Å²) in [6.45, 7) is 9.06. The van der Waals surface area contributed by atoms with Crippen LogP contribution >= 0.6 is 0 Å². The molecule has 0 amide bonds. The summed E-state index contributed by atoms with van der Waals surface area (Å²) in [6.07, 6.45) is 1.85. The Labute approximate surface area is 243 Å². The van der Waals surface area contributed by atoms with E-state index in [1.54, 1.807) is 0 Å². The van der Waals surface area contributed by atoms with Crippen molar-refractivity contribution in [2.45, 2.75) is 51.0 Å². The van der Waals surface area contributed by atoms with Crippen molar-refractivity contribution in [1.29, 1.82) is 0 Å². The first-order valence-corrected chi connectivity index (χ1v) is 14.7. The Morgan fingerprint density at radius 2 is 1.66 bits per heavy atom. The Kier molecular flexibility index (Phi) is 9.42. The van der Waals surface area contributed by atoms with Crippen LogP contribution in [0.15, 0.2) is 90.2 Å². The molecule has 1 unspecified atom stereocenters. The van der Waals surface area contributed by atoms with Gasteiger partial charge in [-0.3, -0.25) is 4.90 Å². The minimum absolute atomic E-state index is 0.103. The van der Waals surface area contributed by atoms with Gasteiger partial charge in [-0.1, -0.05) is 86.6 Å². The number of morpholine rings is 1. The maximum Gasteiger partial charge on any atom is 0.338 e. The van der Waals surface area contributed by atoms with Crippen molar-refractivity contribution in [3.63, 3.8) is 0 Å². The Morgan fingerprint density at radius 3 is 2.34 bits per heavy atom. The lowest BCUT2D eigenvalue weighted by atomic mass is 9.80. The number of ether oxygens (including phenoxy) is 3. The summed E-state index contributed by atoms with van der Waals surface area (Å²) in [4.78, 5) is 16.0. The minimum atomic E-state index is -0.924. The first-order chi connectivity index (χ1) is 19.9. The van der Waals surface area contributed by atoms with Crippen molar-refractivity contribution >= 4 is 5.97 Å². The lowest BCUT2D eigenvalue weighted by Gasteiger charge is -2.38. The highest BCUT2D eigenvalue weighted by molar-refractivity contribution is 5.91. The molecule has 2 aliphatic heterocycles. The number of hydrogen-bond acceptors (Lipinski definition) is 6. The number of aryl methyl sites for hydroxylation is 1. The molecule has 0 radical (unpaired) electrons. The largest absolute Gasteiger partial charge is 0.512 e. The Morgan fingerprint density at radius 1 is 0.951 bits per heavy atom. The average molecular weight is 556 g/mol. The van der Waals surface area contributed by atoms with Crippen LogP contribution in [0, 0.1) is 0 Å². The van der Waals surface area contributed by atoms with Gasteiger partial charge in [0, 0.05) is 38.0 Å². The van der Waals surface area contributed by atoms with Gasteiger partial charge >= 0.3 is 5.97 Å². The third kappa shape index (κ3) is 7.00. The Balaban J connectivity index is 1.37. The number of carbonyl (C=O) groups is 1. The highest BCUT2D eigenvalue weighted by Crippen LogP contribution is 2.42. The van der Waals surface area contributed by atoms with Crippen molar-refractivity contribution in [3.05, 3.63) is 112 Å². The molecule has 0 spiro atoms. The molecule has 0 bridgehead atoms. The van der Waals surface area contributed by atoms with Crippen LogP contribution in [-0.2, 0) is 32.7 Å². The summed E-state index contributed by atoms with van der Waals surface area (Å²) < 4.78 is 18.0. The predicted octanol–water partition coefficient (Wildman–Crippen LogP) is 6.35. The number of rotatable bonds is 11. The number of cyclic esters (lactones) is 1. The fourth-order valence-corrected chi connectivity index (χ4v) is 5.95. The number of esters is 1. The lowest BCUT2D eigenvalue weighted by molar-refractivity contribution is -0.161. The molecule has 3 aromatic carbocycles. The second kappa shape index (κ2) is 13.4. The van der Waals surface area contributed by atoms with E-state index in [-0.39, 0.29) is 18.1 Å². The predicted molar refractivity (Wildman–Crippen MR) is 160 cm³/mol. The monoisotopic (exact) mass is 555 g/mol. The summed E-state index contributed by atoms with van der Waals surface area (Å²) in [7, 11) is 0. The van der Waals surface area contributed by atoms with E-state index in [4.69, 9.17) is 14.2 Å². The van der Waals surface area contributed by atoms with Crippen LogP contribution < -0.4 is 4.74 Å². The summed E-state index contributed by atoms with van der Waals surface area (Å²) >= 11 is 0. The quantitative estimate of drug-likeness (QED) is 0.278. The van der Waals surface area contributed by atoms with E-state index < -0.39 is 11.6 Å². The molecule has 2 heterocycles. The molecule has 41 heavy (non-hydrogen) atoms. The molecule has 1 N–H and O–H groups in total.